The average Bonchev–Trinajstić information content (AvgIpc) is 2.59. The van der Waals surface area contributed by atoms with Crippen molar-refractivity contribution in [3.63, 3.8) is 0 Å². The van der Waals surface area contributed by atoms with Crippen LogP contribution in [0.3, 0.4) is 0 Å². The summed E-state index contributed by atoms with van der Waals surface area (Å²) in [6, 6.07) is 10.5. The van der Waals surface area contributed by atoms with E-state index in [9.17, 15) is 0 Å². The highest BCUT2D eigenvalue weighted by Gasteiger charge is 2.14. The number of hydrogen-bond donors (Lipinski definition) is 0. The molecule has 0 aromatic heterocycles. The van der Waals surface area contributed by atoms with Crippen LogP contribution in [-0.2, 0) is 6.42 Å². The van der Waals surface area contributed by atoms with Crippen LogP contribution in [0.2, 0.25) is 0 Å². The van der Waals surface area contributed by atoms with Crippen molar-refractivity contribution in [3.05, 3.63) is 35.9 Å². The van der Waals surface area contributed by atoms with Crippen LogP contribution in [0.4, 0.5) is 0 Å². The van der Waals surface area contributed by atoms with Gasteiger partial charge in [0.05, 0.1) is 13.2 Å². The lowest BCUT2D eigenvalue weighted by atomic mass is 10.0. The van der Waals surface area contributed by atoms with Gasteiger partial charge in [-0.25, -0.2) is 0 Å². The predicted octanol–water partition coefficient (Wildman–Crippen LogP) is 5.83. The Balaban J connectivity index is 2.37. The number of rotatable bonds is 9. The van der Waals surface area contributed by atoms with E-state index in [-0.39, 0.29) is 0 Å². The molecule has 2 rings (SSSR count). The van der Waals surface area contributed by atoms with E-state index in [1.807, 2.05) is 13.0 Å². The monoisotopic (exact) mass is 334 g/mol. The summed E-state index contributed by atoms with van der Waals surface area (Å²) in [5.74, 6) is 3.13. The molecular weight excluding hydrogens is 308 g/mol. The van der Waals surface area contributed by atoms with Crippen molar-refractivity contribution in [1.82, 2.24) is 0 Å². The van der Waals surface area contributed by atoms with Crippen LogP contribution in [0, 0.1) is 5.92 Å². The van der Waals surface area contributed by atoms with Gasteiger partial charge in [0.25, 0.3) is 0 Å². The topological polar surface area (TPSA) is 18.5 Å². The van der Waals surface area contributed by atoms with Crippen LogP contribution in [0.5, 0.6) is 11.5 Å². The highest BCUT2D eigenvalue weighted by Crippen LogP contribution is 2.37. The summed E-state index contributed by atoms with van der Waals surface area (Å²) in [4.78, 5) is 0. The summed E-state index contributed by atoms with van der Waals surface area (Å²) >= 11 is 5.88. The van der Waals surface area contributed by atoms with E-state index in [0.717, 1.165) is 41.5 Å². The Morgan fingerprint density at radius 2 is 1.78 bits per heavy atom. The first-order valence-electron chi connectivity index (χ1n) is 8.61. The fourth-order valence-corrected chi connectivity index (χ4v) is 3.14. The van der Waals surface area contributed by atoms with Crippen molar-refractivity contribution in [2.24, 2.45) is 5.92 Å². The molecule has 0 bridgehead atoms. The number of fused-ring (bicyclic) bond motifs is 1. The molecule has 0 spiro atoms. The average molecular weight is 335 g/mol. The molecule has 0 amide bonds. The first kappa shape index (κ1) is 17.9. The van der Waals surface area contributed by atoms with Crippen molar-refractivity contribution >= 4 is 22.4 Å². The van der Waals surface area contributed by atoms with E-state index in [4.69, 9.17) is 21.1 Å². The minimum absolute atomic E-state index is 0.503. The zero-order valence-corrected chi connectivity index (χ0v) is 15.2. The zero-order chi connectivity index (χ0) is 16.7. The highest BCUT2D eigenvalue weighted by molar-refractivity contribution is 6.17. The maximum Gasteiger partial charge on any atom is 0.130 e. The second-order valence-electron chi connectivity index (χ2n) is 5.76. The Kier molecular flexibility index (Phi) is 7.04. The van der Waals surface area contributed by atoms with E-state index >= 15 is 0 Å². The lowest BCUT2D eigenvalue weighted by molar-refractivity contribution is 0.243. The van der Waals surface area contributed by atoms with Gasteiger partial charge in [0, 0.05) is 16.7 Å². The molecule has 0 saturated carbocycles. The summed E-state index contributed by atoms with van der Waals surface area (Å²) in [6.07, 6.45) is 3.01. The van der Waals surface area contributed by atoms with Gasteiger partial charge in [0.2, 0.25) is 0 Å². The minimum atomic E-state index is 0.503. The van der Waals surface area contributed by atoms with Crippen molar-refractivity contribution in [2.75, 3.05) is 19.1 Å². The number of alkyl halides is 1. The molecule has 0 heterocycles. The molecule has 1 atom stereocenters. The van der Waals surface area contributed by atoms with Gasteiger partial charge in [-0.3, -0.25) is 0 Å². The van der Waals surface area contributed by atoms with E-state index in [1.165, 1.54) is 5.56 Å². The van der Waals surface area contributed by atoms with Gasteiger partial charge < -0.3 is 9.47 Å². The Morgan fingerprint density at radius 1 is 1.04 bits per heavy atom. The van der Waals surface area contributed by atoms with Gasteiger partial charge in [0.15, 0.2) is 0 Å². The van der Waals surface area contributed by atoms with Crippen LogP contribution in [-0.4, -0.2) is 19.1 Å². The van der Waals surface area contributed by atoms with Gasteiger partial charge in [-0.1, -0.05) is 44.5 Å². The molecule has 3 heteroatoms. The van der Waals surface area contributed by atoms with Crippen LogP contribution in [0.1, 0.15) is 39.2 Å². The SMILES string of the molecule is CCOc1c(CC)cc(OCC(CC)CCCl)c2ccccc12. The van der Waals surface area contributed by atoms with Crippen molar-refractivity contribution in [2.45, 2.75) is 40.0 Å². The maximum absolute atomic E-state index is 6.19. The van der Waals surface area contributed by atoms with E-state index in [0.29, 0.717) is 25.0 Å². The van der Waals surface area contributed by atoms with Gasteiger partial charge in [0.1, 0.15) is 11.5 Å². The third kappa shape index (κ3) is 4.32. The number of hydrogen-bond acceptors (Lipinski definition) is 2. The van der Waals surface area contributed by atoms with E-state index in [2.05, 4.69) is 38.1 Å². The minimum Gasteiger partial charge on any atom is -0.493 e. The third-order valence-corrected chi connectivity index (χ3v) is 4.49. The van der Waals surface area contributed by atoms with Crippen LogP contribution >= 0.6 is 11.6 Å². The number of aryl methyl sites for hydroxylation is 1. The summed E-state index contributed by atoms with van der Waals surface area (Å²) in [5.41, 5.74) is 1.20. The Morgan fingerprint density at radius 3 is 2.39 bits per heavy atom. The molecule has 126 valence electrons. The zero-order valence-electron chi connectivity index (χ0n) is 14.4. The predicted molar refractivity (Wildman–Crippen MR) is 99.1 cm³/mol. The smallest absolute Gasteiger partial charge is 0.130 e. The quantitative estimate of drug-likeness (QED) is 0.537. The Bertz CT molecular complexity index is 624. The molecule has 2 aromatic carbocycles. The van der Waals surface area contributed by atoms with Gasteiger partial charge in [-0.05, 0) is 37.3 Å². The number of halogens is 1. The summed E-state index contributed by atoms with van der Waals surface area (Å²) in [5, 5.41) is 2.25. The molecule has 0 radical (unpaired) electrons. The van der Waals surface area contributed by atoms with E-state index < -0.39 is 0 Å². The van der Waals surface area contributed by atoms with Gasteiger partial charge >= 0.3 is 0 Å². The maximum atomic E-state index is 6.19. The molecule has 0 saturated heterocycles. The lowest BCUT2D eigenvalue weighted by Gasteiger charge is -2.19. The lowest BCUT2D eigenvalue weighted by Crippen LogP contribution is -2.12. The van der Waals surface area contributed by atoms with Crippen LogP contribution in [0.25, 0.3) is 10.8 Å². The van der Waals surface area contributed by atoms with Gasteiger partial charge in [-0.15, -0.1) is 11.6 Å². The molecule has 0 N–H and O–H groups in total. The second-order valence-corrected chi connectivity index (χ2v) is 6.14. The fraction of sp³-hybridized carbons (Fsp3) is 0.500. The molecule has 23 heavy (non-hydrogen) atoms. The standard InChI is InChI=1S/C20H27ClO2/c1-4-15(11-12-21)14-23-19-13-16(5-2)20(22-6-3)18-10-8-7-9-17(18)19/h7-10,13,15H,4-6,11-12,14H2,1-3H3. The summed E-state index contributed by atoms with van der Waals surface area (Å²) in [7, 11) is 0. The summed E-state index contributed by atoms with van der Waals surface area (Å²) < 4.78 is 12.1. The van der Waals surface area contributed by atoms with Crippen LogP contribution < -0.4 is 9.47 Å². The molecule has 0 aliphatic rings. The molecule has 2 nitrogen and oxygen atoms in total. The van der Waals surface area contributed by atoms with Gasteiger partial charge in [-0.2, -0.15) is 0 Å². The second kappa shape index (κ2) is 9.02. The Hall–Kier alpha value is -1.41. The van der Waals surface area contributed by atoms with Crippen molar-refractivity contribution < 1.29 is 9.47 Å². The van der Waals surface area contributed by atoms with Crippen LogP contribution in [0.15, 0.2) is 30.3 Å². The fourth-order valence-electron chi connectivity index (χ4n) is 2.83. The highest BCUT2D eigenvalue weighted by atomic mass is 35.5. The molecule has 0 aliphatic carbocycles. The molecule has 0 aliphatic heterocycles. The molecule has 1 unspecified atom stereocenters. The normalized spacial score (nSPS) is 12.3. The number of ether oxygens (including phenoxy) is 2. The largest absolute Gasteiger partial charge is 0.493 e. The number of benzene rings is 2. The van der Waals surface area contributed by atoms with E-state index in [1.54, 1.807) is 0 Å². The molecule has 2 aromatic rings. The Labute approximate surface area is 144 Å². The van der Waals surface area contributed by atoms with Crippen molar-refractivity contribution in [3.8, 4) is 11.5 Å². The molecule has 0 fully saturated rings. The summed E-state index contributed by atoms with van der Waals surface area (Å²) in [6.45, 7) is 7.75. The third-order valence-electron chi connectivity index (χ3n) is 4.27. The molecular formula is C20H27ClO2. The van der Waals surface area contributed by atoms with Crippen molar-refractivity contribution in [1.29, 1.82) is 0 Å². The first-order valence-corrected chi connectivity index (χ1v) is 9.14. The first-order chi connectivity index (χ1) is 11.2.